The fraction of sp³-hybridized carbons (Fsp3) is 0.281. The number of rotatable bonds is 9. The fourth-order valence-electron chi connectivity index (χ4n) is 5.64. The minimum atomic E-state index is -1.11. The second kappa shape index (κ2) is 11.0. The van der Waals surface area contributed by atoms with Crippen LogP contribution in [-0.4, -0.2) is 57.0 Å². The van der Waals surface area contributed by atoms with E-state index in [-0.39, 0.29) is 24.3 Å². The topological polar surface area (TPSA) is 124 Å². The van der Waals surface area contributed by atoms with Crippen molar-refractivity contribution in [3.63, 3.8) is 0 Å². The number of carbonyl (C=O) groups is 4. The zero-order chi connectivity index (χ0) is 28.4. The number of amides is 3. The van der Waals surface area contributed by atoms with Crippen molar-refractivity contribution in [2.45, 2.75) is 44.3 Å². The number of para-hydroxylation sites is 1. The molecule has 2 fully saturated rings. The van der Waals surface area contributed by atoms with Gasteiger partial charge in [0, 0.05) is 42.8 Å². The van der Waals surface area contributed by atoms with Gasteiger partial charge in [0.2, 0.25) is 11.7 Å². The molecule has 3 N–H and O–H groups in total. The number of H-pyrrole nitrogens is 1. The van der Waals surface area contributed by atoms with E-state index in [1.165, 1.54) is 0 Å². The van der Waals surface area contributed by atoms with Crippen molar-refractivity contribution in [3.8, 4) is 0 Å². The quantitative estimate of drug-likeness (QED) is 0.277. The van der Waals surface area contributed by atoms with Gasteiger partial charge in [0.05, 0.1) is 0 Å². The zero-order valence-corrected chi connectivity index (χ0v) is 22.5. The summed E-state index contributed by atoms with van der Waals surface area (Å²) in [6.45, 7) is 0.676. The van der Waals surface area contributed by atoms with Crippen LogP contribution < -0.4 is 10.6 Å². The summed E-state index contributed by atoms with van der Waals surface area (Å²) in [6, 6.07) is 20.4. The molecule has 2 aromatic heterocycles. The van der Waals surface area contributed by atoms with Gasteiger partial charge in [-0.3, -0.25) is 24.2 Å². The van der Waals surface area contributed by atoms with E-state index >= 15 is 0 Å². The number of carbonyl (C=O) groups excluding carboxylic acids is 4. The number of aromatic nitrogens is 2. The maximum absolute atomic E-state index is 13.8. The van der Waals surface area contributed by atoms with E-state index in [2.05, 4.69) is 20.6 Å². The highest BCUT2D eigenvalue weighted by atomic mass is 16.2. The maximum Gasteiger partial charge on any atom is 0.289 e. The van der Waals surface area contributed by atoms with Gasteiger partial charge in [-0.15, -0.1) is 0 Å². The fourth-order valence-corrected chi connectivity index (χ4v) is 5.64. The molecule has 6 rings (SSSR count). The van der Waals surface area contributed by atoms with E-state index in [1.54, 1.807) is 35.5 Å². The lowest BCUT2D eigenvalue weighted by Crippen LogP contribution is -2.54. The van der Waals surface area contributed by atoms with Crippen LogP contribution in [0.4, 0.5) is 0 Å². The first-order chi connectivity index (χ1) is 19.9. The molecule has 3 amide bonds. The largest absolute Gasteiger partial charge is 0.351 e. The SMILES string of the molecule is O=C(NCc1ccccc1)C(=O)C(Cc1cccnc1)NC(=O)[C@@H]1CC2(CC2)CN1C(=O)c1cc2ccccc2[nH]1. The van der Waals surface area contributed by atoms with Crippen molar-refractivity contribution in [1.29, 1.82) is 0 Å². The molecule has 2 atom stereocenters. The summed E-state index contributed by atoms with van der Waals surface area (Å²) in [6.07, 6.45) is 5.76. The molecule has 3 heterocycles. The van der Waals surface area contributed by atoms with Crippen molar-refractivity contribution in [3.05, 3.63) is 102 Å². The zero-order valence-electron chi connectivity index (χ0n) is 22.5. The van der Waals surface area contributed by atoms with Crippen LogP contribution in [0.3, 0.4) is 0 Å². The molecular weight excluding hydrogens is 518 g/mol. The van der Waals surface area contributed by atoms with Crippen molar-refractivity contribution in [1.82, 2.24) is 25.5 Å². The van der Waals surface area contributed by atoms with Crippen molar-refractivity contribution in [2.75, 3.05) is 6.54 Å². The number of hydrogen-bond acceptors (Lipinski definition) is 5. The first-order valence-corrected chi connectivity index (χ1v) is 13.8. The highest BCUT2D eigenvalue weighted by Crippen LogP contribution is 2.55. The van der Waals surface area contributed by atoms with Gasteiger partial charge in [-0.1, -0.05) is 54.6 Å². The van der Waals surface area contributed by atoms with Gasteiger partial charge in [0.15, 0.2) is 0 Å². The number of benzene rings is 2. The van der Waals surface area contributed by atoms with Gasteiger partial charge in [0.1, 0.15) is 17.8 Å². The van der Waals surface area contributed by atoms with Crippen LogP contribution in [0.5, 0.6) is 0 Å². The summed E-state index contributed by atoms with van der Waals surface area (Å²) in [5.74, 6) is -2.21. The molecule has 1 aliphatic carbocycles. The van der Waals surface area contributed by atoms with Crippen LogP contribution in [0.25, 0.3) is 10.9 Å². The Morgan fingerprint density at radius 3 is 2.46 bits per heavy atom. The highest BCUT2D eigenvalue weighted by molar-refractivity contribution is 6.38. The van der Waals surface area contributed by atoms with Crippen LogP contribution in [0, 0.1) is 5.41 Å². The monoisotopic (exact) mass is 549 g/mol. The number of likely N-dealkylation sites (tertiary alicyclic amines) is 1. The molecule has 1 aliphatic heterocycles. The molecular formula is C32H31N5O4. The number of ketones is 1. The van der Waals surface area contributed by atoms with Crippen molar-refractivity contribution in [2.24, 2.45) is 5.41 Å². The van der Waals surface area contributed by atoms with Gasteiger partial charge < -0.3 is 20.5 Å². The third-order valence-electron chi connectivity index (χ3n) is 8.10. The van der Waals surface area contributed by atoms with Crippen molar-refractivity contribution < 1.29 is 19.2 Å². The summed E-state index contributed by atoms with van der Waals surface area (Å²) < 4.78 is 0. The Balaban J connectivity index is 1.20. The number of nitrogens with zero attached hydrogens (tertiary/aromatic N) is 2. The van der Waals surface area contributed by atoms with E-state index in [9.17, 15) is 19.2 Å². The average molecular weight is 550 g/mol. The van der Waals surface area contributed by atoms with E-state index in [0.29, 0.717) is 24.2 Å². The second-order valence-corrected chi connectivity index (χ2v) is 11.1. The van der Waals surface area contributed by atoms with Crippen LogP contribution in [0.2, 0.25) is 0 Å². The predicted molar refractivity (Wildman–Crippen MR) is 153 cm³/mol. The molecule has 4 aromatic rings. The molecule has 0 bridgehead atoms. The van der Waals surface area contributed by atoms with E-state index in [1.807, 2.05) is 54.6 Å². The van der Waals surface area contributed by atoms with Gasteiger partial charge in [-0.2, -0.15) is 0 Å². The number of nitrogens with one attached hydrogen (secondary N) is 3. The van der Waals surface area contributed by atoms with E-state index < -0.39 is 29.7 Å². The standard InChI is InChI=1S/C32H31N5O4/c38-28(30(40)34-19-21-7-2-1-3-8-21)25(15-22-9-6-14-33-18-22)36-29(39)27-17-32(12-13-32)20-37(27)31(41)26-16-23-10-4-5-11-24(23)35-26/h1-11,14,16,18,25,27,35H,12-13,15,17,19-20H2,(H,34,40)(H,36,39)/t25?,27-/m0/s1. The molecule has 1 saturated carbocycles. The lowest BCUT2D eigenvalue weighted by Gasteiger charge is -2.26. The summed E-state index contributed by atoms with van der Waals surface area (Å²) >= 11 is 0. The van der Waals surface area contributed by atoms with Crippen LogP contribution in [-0.2, 0) is 27.3 Å². The molecule has 1 unspecified atom stereocenters. The second-order valence-electron chi connectivity index (χ2n) is 11.1. The molecule has 1 spiro atoms. The highest BCUT2D eigenvalue weighted by Gasteiger charge is 2.55. The van der Waals surface area contributed by atoms with E-state index in [4.69, 9.17) is 0 Å². The first-order valence-electron chi connectivity index (χ1n) is 13.8. The summed E-state index contributed by atoms with van der Waals surface area (Å²) in [5, 5.41) is 6.42. The first kappa shape index (κ1) is 26.4. The summed E-state index contributed by atoms with van der Waals surface area (Å²) in [4.78, 5) is 62.6. The molecule has 0 radical (unpaired) electrons. The van der Waals surface area contributed by atoms with Crippen LogP contribution in [0.1, 0.15) is 40.9 Å². The molecule has 2 aliphatic rings. The van der Waals surface area contributed by atoms with Gasteiger partial charge in [-0.05, 0) is 54.0 Å². The normalized spacial score (nSPS) is 17.8. The number of aromatic amines is 1. The molecule has 2 aromatic carbocycles. The lowest BCUT2D eigenvalue weighted by molar-refractivity contribution is -0.140. The minimum absolute atomic E-state index is 0.0698. The Bertz CT molecular complexity index is 1560. The lowest BCUT2D eigenvalue weighted by atomic mass is 10.00. The van der Waals surface area contributed by atoms with Crippen LogP contribution >= 0.6 is 0 Å². The number of hydrogen-bond donors (Lipinski definition) is 3. The van der Waals surface area contributed by atoms with Gasteiger partial charge in [-0.25, -0.2) is 0 Å². The van der Waals surface area contributed by atoms with Crippen LogP contribution in [0.15, 0.2) is 85.2 Å². The molecule has 9 nitrogen and oxygen atoms in total. The summed E-state index contributed by atoms with van der Waals surface area (Å²) in [7, 11) is 0. The molecule has 208 valence electrons. The van der Waals surface area contributed by atoms with Gasteiger partial charge in [0.25, 0.3) is 11.8 Å². The predicted octanol–water partition coefficient (Wildman–Crippen LogP) is 3.17. The Morgan fingerprint density at radius 2 is 1.73 bits per heavy atom. The Kier molecular flexibility index (Phi) is 7.09. The number of pyridine rings is 1. The Labute approximate surface area is 237 Å². The Morgan fingerprint density at radius 1 is 0.976 bits per heavy atom. The third kappa shape index (κ3) is 5.75. The molecule has 9 heteroatoms. The smallest absolute Gasteiger partial charge is 0.289 e. The average Bonchev–Trinajstić information content (AvgIpc) is 3.44. The van der Waals surface area contributed by atoms with Gasteiger partial charge >= 0.3 is 0 Å². The molecule has 1 saturated heterocycles. The third-order valence-corrected chi connectivity index (χ3v) is 8.10. The number of fused-ring (bicyclic) bond motifs is 1. The van der Waals surface area contributed by atoms with E-state index in [0.717, 1.165) is 29.3 Å². The van der Waals surface area contributed by atoms with Crippen molar-refractivity contribution >= 4 is 34.4 Å². The maximum atomic E-state index is 13.8. The molecule has 41 heavy (non-hydrogen) atoms. The number of Topliss-reactive ketones (excluding diaryl/α,β-unsaturated/α-hetero) is 1. The minimum Gasteiger partial charge on any atom is -0.351 e. The Hall–Kier alpha value is -4.79. The summed E-state index contributed by atoms with van der Waals surface area (Å²) in [5.41, 5.74) is 2.76.